The van der Waals surface area contributed by atoms with Gasteiger partial charge in [-0.2, -0.15) is 0 Å². The van der Waals surface area contributed by atoms with Crippen LogP contribution in [-0.4, -0.2) is 7.05 Å². The first-order valence-corrected chi connectivity index (χ1v) is 3.74. The topological polar surface area (TPSA) is 24.1 Å². The van der Waals surface area contributed by atoms with Gasteiger partial charge in [0.15, 0.2) is 0 Å². The van der Waals surface area contributed by atoms with Crippen molar-refractivity contribution in [2.45, 2.75) is 13.8 Å². The van der Waals surface area contributed by atoms with Crippen LogP contribution >= 0.6 is 0 Å². The molecule has 0 unspecified atom stereocenters. The molecule has 1 heterocycles. The van der Waals surface area contributed by atoms with E-state index in [0.717, 1.165) is 11.4 Å². The quantitative estimate of drug-likeness (QED) is 0.592. The summed E-state index contributed by atoms with van der Waals surface area (Å²) in [5.74, 6) is 0. The van der Waals surface area contributed by atoms with Crippen molar-refractivity contribution in [1.29, 1.82) is 0 Å². The van der Waals surface area contributed by atoms with Crippen molar-refractivity contribution in [3.8, 4) is 0 Å². The van der Waals surface area contributed by atoms with Crippen molar-refractivity contribution in [3.63, 3.8) is 0 Å². The van der Waals surface area contributed by atoms with E-state index in [0.29, 0.717) is 0 Å². The molecule has 0 saturated carbocycles. The molecule has 0 aromatic carbocycles. The third-order valence-corrected chi connectivity index (χ3v) is 1.75. The van der Waals surface area contributed by atoms with Gasteiger partial charge in [0.1, 0.15) is 0 Å². The van der Waals surface area contributed by atoms with Crippen LogP contribution < -0.4 is 10.6 Å². The van der Waals surface area contributed by atoms with E-state index in [4.69, 9.17) is 0 Å². The van der Waals surface area contributed by atoms with Crippen LogP contribution in [0.1, 0.15) is 13.8 Å². The number of dihydropyridines is 1. The molecule has 1 aliphatic rings. The monoisotopic (exact) mass is 150 g/mol. The second-order valence-electron chi connectivity index (χ2n) is 2.65. The van der Waals surface area contributed by atoms with E-state index in [2.05, 4.69) is 29.7 Å². The van der Waals surface area contributed by atoms with Crippen molar-refractivity contribution in [2.75, 3.05) is 7.05 Å². The van der Waals surface area contributed by atoms with Gasteiger partial charge >= 0.3 is 0 Å². The molecule has 0 saturated heterocycles. The van der Waals surface area contributed by atoms with Crippen molar-refractivity contribution in [1.82, 2.24) is 10.6 Å². The lowest BCUT2D eigenvalue weighted by Gasteiger charge is -2.11. The van der Waals surface area contributed by atoms with Gasteiger partial charge in [0.25, 0.3) is 0 Å². The summed E-state index contributed by atoms with van der Waals surface area (Å²) in [6.45, 7) is 4.11. The number of hydrogen-bond donors (Lipinski definition) is 2. The zero-order valence-corrected chi connectivity index (χ0v) is 7.23. The Morgan fingerprint density at radius 3 is 2.64 bits per heavy atom. The Morgan fingerprint density at radius 2 is 2.18 bits per heavy atom. The maximum atomic E-state index is 3.19. The second-order valence-corrected chi connectivity index (χ2v) is 2.65. The van der Waals surface area contributed by atoms with Crippen LogP contribution in [0.5, 0.6) is 0 Å². The Morgan fingerprint density at radius 1 is 1.45 bits per heavy atom. The van der Waals surface area contributed by atoms with Crippen LogP contribution in [0, 0.1) is 0 Å². The lowest BCUT2D eigenvalue weighted by molar-refractivity contribution is 0.917. The van der Waals surface area contributed by atoms with Crippen LogP contribution in [0.3, 0.4) is 0 Å². The first kappa shape index (κ1) is 7.92. The highest BCUT2D eigenvalue weighted by atomic mass is 14.9. The van der Waals surface area contributed by atoms with E-state index in [9.17, 15) is 0 Å². The van der Waals surface area contributed by atoms with Crippen molar-refractivity contribution in [3.05, 3.63) is 35.3 Å². The lowest BCUT2D eigenvalue weighted by Crippen LogP contribution is -2.15. The van der Waals surface area contributed by atoms with E-state index in [-0.39, 0.29) is 0 Å². The lowest BCUT2D eigenvalue weighted by atomic mass is 10.2. The van der Waals surface area contributed by atoms with Crippen LogP contribution in [0.4, 0.5) is 0 Å². The molecule has 0 spiro atoms. The molecule has 0 bridgehead atoms. The maximum absolute atomic E-state index is 3.19. The number of nitrogens with one attached hydrogen (secondary N) is 2. The van der Waals surface area contributed by atoms with Crippen molar-refractivity contribution < 1.29 is 0 Å². The summed E-state index contributed by atoms with van der Waals surface area (Å²) in [7, 11) is 1.92. The SMILES string of the molecule is CN/C(C)=C1/C=CC(C)=CN1. The fourth-order valence-corrected chi connectivity index (χ4v) is 0.871. The molecule has 0 atom stereocenters. The molecule has 11 heavy (non-hydrogen) atoms. The van der Waals surface area contributed by atoms with Crippen LogP contribution in [0.15, 0.2) is 35.3 Å². The van der Waals surface area contributed by atoms with E-state index in [1.54, 1.807) is 0 Å². The molecular weight excluding hydrogens is 136 g/mol. The van der Waals surface area contributed by atoms with Gasteiger partial charge in [-0.15, -0.1) is 0 Å². The molecule has 0 radical (unpaired) electrons. The normalized spacial score (nSPS) is 20.5. The van der Waals surface area contributed by atoms with Gasteiger partial charge in [0.2, 0.25) is 0 Å². The van der Waals surface area contributed by atoms with Gasteiger partial charge in [0, 0.05) is 18.9 Å². The van der Waals surface area contributed by atoms with Crippen LogP contribution in [0.25, 0.3) is 0 Å². The minimum Gasteiger partial charge on any atom is -0.390 e. The van der Waals surface area contributed by atoms with Gasteiger partial charge in [-0.25, -0.2) is 0 Å². The van der Waals surface area contributed by atoms with E-state index >= 15 is 0 Å². The molecule has 0 aromatic heterocycles. The average Bonchev–Trinajstić information content (AvgIpc) is 2.05. The average molecular weight is 150 g/mol. The summed E-state index contributed by atoms with van der Waals surface area (Å²) in [6.07, 6.45) is 6.16. The smallest absolute Gasteiger partial charge is 0.0569 e. The predicted molar refractivity (Wildman–Crippen MR) is 47.8 cm³/mol. The van der Waals surface area contributed by atoms with Crippen molar-refractivity contribution in [2.24, 2.45) is 0 Å². The first-order chi connectivity index (χ1) is 5.24. The zero-order chi connectivity index (χ0) is 8.27. The minimum absolute atomic E-state index is 1.14. The maximum Gasteiger partial charge on any atom is 0.0569 e. The molecule has 2 N–H and O–H groups in total. The molecule has 1 aliphatic heterocycles. The summed E-state index contributed by atoms with van der Waals surface area (Å²) in [6, 6.07) is 0. The van der Waals surface area contributed by atoms with Gasteiger partial charge in [-0.05, 0) is 25.5 Å². The van der Waals surface area contributed by atoms with Gasteiger partial charge in [-0.1, -0.05) is 6.08 Å². The summed E-state index contributed by atoms with van der Waals surface area (Å²) in [5.41, 5.74) is 3.54. The summed E-state index contributed by atoms with van der Waals surface area (Å²) in [5, 5.41) is 6.27. The Labute approximate surface area is 67.7 Å². The number of rotatable bonds is 1. The summed E-state index contributed by atoms with van der Waals surface area (Å²) < 4.78 is 0. The first-order valence-electron chi connectivity index (χ1n) is 3.74. The Bertz CT molecular complexity index is 234. The largest absolute Gasteiger partial charge is 0.390 e. The molecular formula is C9H14N2. The van der Waals surface area contributed by atoms with Gasteiger partial charge < -0.3 is 10.6 Å². The molecule has 0 amide bonds. The molecule has 2 heteroatoms. The fourth-order valence-electron chi connectivity index (χ4n) is 0.871. The Hall–Kier alpha value is -1.18. The second kappa shape index (κ2) is 3.28. The van der Waals surface area contributed by atoms with E-state index in [1.165, 1.54) is 5.57 Å². The third kappa shape index (κ3) is 1.87. The highest BCUT2D eigenvalue weighted by Gasteiger charge is 1.98. The zero-order valence-electron chi connectivity index (χ0n) is 7.23. The minimum atomic E-state index is 1.14. The predicted octanol–water partition coefficient (Wildman–Crippen LogP) is 1.50. The van der Waals surface area contributed by atoms with E-state index < -0.39 is 0 Å². The Balaban J connectivity index is 2.76. The fraction of sp³-hybridized carbons (Fsp3) is 0.333. The van der Waals surface area contributed by atoms with Gasteiger partial charge in [-0.3, -0.25) is 0 Å². The summed E-state index contributed by atoms with van der Waals surface area (Å²) >= 11 is 0. The third-order valence-electron chi connectivity index (χ3n) is 1.75. The highest BCUT2D eigenvalue weighted by Crippen LogP contribution is 2.07. The number of hydrogen-bond acceptors (Lipinski definition) is 2. The van der Waals surface area contributed by atoms with Crippen LogP contribution in [-0.2, 0) is 0 Å². The van der Waals surface area contributed by atoms with Crippen molar-refractivity contribution >= 4 is 0 Å². The summed E-state index contributed by atoms with van der Waals surface area (Å²) in [4.78, 5) is 0. The van der Waals surface area contributed by atoms with E-state index in [1.807, 2.05) is 20.2 Å². The molecule has 2 nitrogen and oxygen atoms in total. The number of allylic oxidation sites excluding steroid dienone is 4. The molecule has 60 valence electrons. The molecule has 0 aliphatic carbocycles. The van der Waals surface area contributed by atoms with Gasteiger partial charge in [0.05, 0.1) is 5.70 Å². The van der Waals surface area contributed by atoms with Crippen LogP contribution in [0.2, 0.25) is 0 Å². The Kier molecular flexibility index (Phi) is 2.36. The highest BCUT2D eigenvalue weighted by molar-refractivity contribution is 5.34. The molecule has 0 aromatic rings. The standard InChI is InChI=1S/C9H14N2/c1-7-4-5-9(11-6-7)8(2)10-3/h4-6,10-11H,1-3H3/b9-8-. The molecule has 1 rings (SSSR count). The molecule has 0 fully saturated rings.